The number of hydrogen-bond acceptors (Lipinski definition) is 3. The van der Waals surface area contributed by atoms with E-state index in [1.54, 1.807) is 12.1 Å². The third-order valence-electron chi connectivity index (χ3n) is 3.73. The quantitative estimate of drug-likeness (QED) is 0.843. The molecule has 2 rings (SSSR count). The Morgan fingerprint density at radius 1 is 1.30 bits per heavy atom. The molecular formula is C15H24N2O2S. The fourth-order valence-electron chi connectivity index (χ4n) is 2.53. The van der Waals surface area contributed by atoms with Gasteiger partial charge < -0.3 is 5.32 Å². The number of hydrogen-bond donors (Lipinski definition) is 2. The largest absolute Gasteiger partial charge is 0.316 e. The van der Waals surface area contributed by atoms with Crippen LogP contribution in [0.25, 0.3) is 0 Å². The van der Waals surface area contributed by atoms with Crippen molar-refractivity contribution in [1.82, 2.24) is 10.0 Å². The Morgan fingerprint density at radius 3 is 2.65 bits per heavy atom. The molecule has 0 amide bonds. The van der Waals surface area contributed by atoms with Gasteiger partial charge in [0.1, 0.15) is 0 Å². The molecule has 0 saturated carbocycles. The fourth-order valence-corrected chi connectivity index (χ4v) is 3.65. The van der Waals surface area contributed by atoms with Crippen LogP contribution in [-0.2, 0) is 16.4 Å². The summed E-state index contributed by atoms with van der Waals surface area (Å²) < 4.78 is 27.2. The van der Waals surface area contributed by atoms with Gasteiger partial charge in [0.05, 0.1) is 4.90 Å². The lowest BCUT2D eigenvalue weighted by Gasteiger charge is -2.22. The first-order valence-corrected chi connectivity index (χ1v) is 8.89. The van der Waals surface area contributed by atoms with E-state index in [0.29, 0.717) is 17.4 Å². The Kier molecular flexibility index (Phi) is 5.57. The van der Waals surface area contributed by atoms with Gasteiger partial charge in [-0.25, -0.2) is 13.1 Å². The van der Waals surface area contributed by atoms with E-state index in [4.69, 9.17) is 0 Å². The van der Waals surface area contributed by atoms with Crippen molar-refractivity contribution in [3.63, 3.8) is 0 Å². The van der Waals surface area contributed by atoms with Gasteiger partial charge in [-0.2, -0.15) is 0 Å². The molecule has 0 aromatic heterocycles. The highest BCUT2D eigenvalue weighted by molar-refractivity contribution is 7.89. The number of benzene rings is 1. The van der Waals surface area contributed by atoms with Gasteiger partial charge in [0.15, 0.2) is 0 Å². The number of rotatable bonds is 6. The van der Waals surface area contributed by atoms with Crippen LogP contribution >= 0.6 is 0 Å². The molecule has 1 aromatic rings. The zero-order valence-corrected chi connectivity index (χ0v) is 12.9. The normalized spacial score (nSPS) is 19.9. The third kappa shape index (κ3) is 4.30. The Labute approximate surface area is 122 Å². The van der Waals surface area contributed by atoms with E-state index in [0.717, 1.165) is 38.8 Å². The Bertz CT molecular complexity index is 505. The molecule has 0 spiro atoms. The summed E-state index contributed by atoms with van der Waals surface area (Å²) in [6, 6.07) is 7.21. The van der Waals surface area contributed by atoms with E-state index >= 15 is 0 Å². The fraction of sp³-hybridized carbons (Fsp3) is 0.600. The van der Waals surface area contributed by atoms with Crippen LogP contribution in [0.4, 0.5) is 0 Å². The predicted octanol–water partition coefficient (Wildman–Crippen LogP) is 1.92. The number of piperidine rings is 1. The van der Waals surface area contributed by atoms with Crippen LogP contribution in [0.2, 0.25) is 0 Å². The zero-order chi connectivity index (χ0) is 14.4. The second-order valence-corrected chi connectivity index (χ2v) is 7.23. The van der Waals surface area contributed by atoms with Gasteiger partial charge in [-0.05, 0) is 56.0 Å². The monoisotopic (exact) mass is 296 g/mol. The molecule has 1 aliphatic rings. The van der Waals surface area contributed by atoms with Gasteiger partial charge in [-0.3, -0.25) is 0 Å². The lowest BCUT2D eigenvalue weighted by Crippen LogP contribution is -2.38. The molecule has 0 radical (unpaired) electrons. The van der Waals surface area contributed by atoms with E-state index in [2.05, 4.69) is 17.0 Å². The molecule has 1 heterocycles. The first-order chi connectivity index (χ1) is 9.62. The van der Waals surface area contributed by atoms with Crippen molar-refractivity contribution in [2.45, 2.75) is 37.5 Å². The Morgan fingerprint density at radius 2 is 2.05 bits per heavy atom. The third-order valence-corrected chi connectivity index (χ3v) is 5.17. The van der Waals surface area contributed by atoms with Gasteiger partial charge in [-0.15, -0.1) is 0 Å². The number of sulfonamides is 1. The van der Waals surface area contributed by atoms with Crippen molar-refractivity contribution in [2.24, 2.45) is 5.92 Å². The average molecular weight is 296 g/mol. The van der Waals surface area contributed by atoms with E-state index < -0.39 is 10.0 Å². The summed E-state index contributed by atoms with van der Waals surface area (Å²) in [5, 5.41) is 3.30. The highest BCUT2D eigenvalue weighted by Crippen LogP contribution is 2.14. The SMILES string of the molecule is CCCc1ccc(S(=O)(=O)NCC2CCCNC2)cc1. The summed E-state index contributed by atoms with van der Waals surface area (Å²) in [7, 11) is -3.37. The molecule has 1 aromatic carbocycles. The molecule has 0 aliphatic carbocycles. The van der Waals surface area contributed by atoms with Gasteiger partial charge in [-0.1, -0.05) is 25.5 Å². The van der Waals surface area contributed by atoms with Crippen LogP contribution in [0.5, 0.6) is 0 Å². The minimum atomic E-state index is -3.37. The molecule has 0 bridgehead atoms. The minimum absolute atomic E-state index is 0.362. The lowest BCUT2D eigenvalue weighted by atomic mass is 10.0. The maximum Gasteiger partial charge on any atom is 0.240 e. The maximum atomic E-state index is 12.2. The second-order valence-electron chi connectivity index (χ2n) is 5.46. The first kappa shape index (κ1) is 15.5. The molecule has 5 heteroatoms. The van der Waals surface area contributed by atoms with Crippen molar-refractivity contribution in [2.75, 3.05) is 19.6 Å². The predicted molar refractivity (Wildman–Crippen MR) is 81.2 cm³/mol. The zero-order valence-electron chi connectivity index (χ0n) is 12.1. The Balaban J connectivity index is 1.94. The standard InChI is InChI=1S/C15H24N2O2S/c1-2-4-13-6-8-15(9-7-13)20(18,19)17-12-14-5-3-10-16-11-14/h6-9,14,16-17H,2-5,10-12H2,1H3. The summed E-state index contributed by atoms with van der Waals surface area (Å²) in [6.45, 7) is 4.58. The second kappa shape index (κ2) is 7.20. The Hall–Kier alpha value is -0.910. The summed E-state index contributed by atoms with van der Waals surface area (Å²) in [5.41, 5.74) is 1.18. The van der Waals surface area contributed by atoms with Crippen molar-refractivity contribution >= 4 is 10.0 Å². The maximum absolute atomic E-state index is 12.2. The molecule has 1 saturated heterocycles. The molecule has 1 fully saturated rings. The molecule has 1 atom stereocenters. The van der Waals surface area contributed by atoms with Crippen molar-refractivity contribution in [3.8, 4) is 0 Å². The van der Waals surface area contributed by atoms with Crippen LogP contribution in [0.15, 0.2) is 29.2 Å². The van der Waals surface area contributed by atoms with Crippen LogP contribution in [-0.4, -0.2) is 28.1 Å². The molecular weight excluding hydrogens is 272 g/mol. The van der Waals surface area contributed by atoms with Crippen molar-refractivity contribution < 1.29 is 8.42 Å². The molecule has 20 heavy (non-hydrogen) atoms. The van der Waals surface area contributed by atoms with Gasteiger partial charge >= 0.3 is 0 Å². The highest BCUT2D eigenvalue weighted by Gasteiger charge is 2.18. The smallest absolute Gasteiger partial charge is 0.240 e. The van der Waals surface area contributed by atoms with E-state index in [1.165, 1.54) is 5.56 Å². The summed E-state index contributed by atoms with van der Waals surface area (Å²) in [5.74, 6) is 0.401. The highest BCUT2D eigenvalue weighted by atomic mass is 32.2. The molecule has 112 valence electrons. The topological polar surface area (TPSA) is 58.2 Å². The van der Waals surface area contributed by atoms with Crippen LogP contribution < -0.4 is 10.0 Å². The number of aryl methyl sites for hydroxylation is 1. The lowest BCUT2D eigenvalue weighted by molar-refractivity contribution is 0.376. The van der Waals surface area contributed by atoms with Gasteiger partial charge in [0.25, 0.3) is 0 Å². The van der Waals surface area contributed by atoms with E-state index in [-0.39, 0.29) is 0 Å². The molecule has 4 nitrogen and oxygen atoms in total. The van der Waals surface area contributed by atoms with Crippen LogP contribution in [0.1, 0.15) is 31.7 Å². The number of nitrogens with one attached hydrogen (secondary N) is 2. The van der Waals surface area contributed by atoms with Crippen molar-refractivity contribution in [1.29, 1.82) is 0 Å². The summed E-state index contributed by atoms with van der Waals surface area (Å²) in [6.07, 6.45) is 4.27. The van der Waals surface area contributed by atoms with Crippen molar-refractivity contribution in [3.05, 3.63) is 29.8 Å². The minimum Gasteiger partial charge on any atom is -0.316 e. The molecule has 1 unspecified atom stereocenters. The van der Waals surface area contributed by atoms with Crippen LogP contribution in [0, 0.1) is 5.92 Å². The first-order valence-electron chi connectivity index (χ1n) is 7.41. The summed E-state index contributed by atoms with van der Waals surface area (Å²) in [4.78, 5) is 0.362. The van der Waals surface area contributed by atoms with Crippen LogP contribution in [0.3, 0.4) is 0 Å². The van der Waals surface area contributed by atoms with Gasteiger partial charge in [0, 0.05) is 6.54 Å². The van der Waals surface area contributed by atoms with E-state index in [1.807, 2.05) is 12.1 Å². The van der Waals surface area contributed by atoms with Gasteiger partial charge in [0.2, 0.25) is 10.0 Å². The van der Waals surface area contributed by atoms with E-state index in [9.17, 15) is 8.42 Å². The summed E-state index contributed by atoms with van der Waals surface area (Å²) >= 11 is 0. The molecule has 2 N–H and O–H groups in total. The molecule has 1 aliphatic heterocycles. The average Bonchev–Trinajstić information content (AvgIpc) is 2.47.